The van der Waals surface area contributed by atoms with Crippen molar-refractivity contribution in [1.82, 2.24) is 0 Å². The molecule has 0 spiro atoms. The summed E-state index contributed by atoms with van der Waals surface area (Å²) >= 11 is 0. The van der Waals surface area contributed by atoms with Crippen LogP contribution in [0.1, 0.15) is 16.4 Å². The highest BCUT2D eigenvalue weighted by molar-refractivity contribution is 8.76. The molecular weight excluding hydrogens is 340 g/mol. The Balaban J connectivity index is 1.60. The Bertz CT molecular complexity index is 910. The Morgan fingerprint density at radius 3 is 1.72 bits per heavy atom. The second kappa shape index (κ2) is 7.81. The van der Waals surface area contributed by atoms with Gasteiger partial charge in [0.25, 0.3) is 0 Å². The van der Waals surface area contributed by atoms with Gasteiger partial charge >= 0.3 is 0 Å². The summed E-state index contributed by atoms with van der Waals surface area (Å²) in [5.74, 6) is 0. The van der Waals surface area contributed by atoms with E-state index in [-0.39, 0.29) is 0 Å². The zero-order valence-corrected chi connectivity index (χ0v) is 15.3. The number of hydrogen-bond acceptors (Lipinski definition) is 2. The maximum atomic E-state index is 2.28. The van der Waals surface area contributed by atoms with E-state index >= 15 is 0 Å². The third kappa shape index (κ3) is 3.92. The van der Waals surface area contributed by atoms with Gasteiger partial charge < -0.3 is 0 Å². The van der Waals surface area contributed by atoms with Crippen molar-refractivity contribution in [3.05, 3.63) is 114 Å². The van der Waals surface area contributed by atoms with Crippen molar-refractivity contribution in [2.75, 3.05) is 0 Å². The van der Waals surface area contributed by atoms with E-state index in [2.05, 4.69) is 103 Å². The van der Waals surface area contributed by atoms with Crippen LogP contribution in [0.2, 0.25) is 0 Å². The molecule has 0 saturated heterocycles. The molecule has 0 nitrogen and oxygen atoms in total. The lowest BCUT2D eigenvalue weighted by molar-refractivity contribution is 1.16. The van der Waals surface area contributed by atoms with Crippen molar-refractivity contribution >= 4 is 32.4 Å². The lowest BCUT2D eigenvalue weighted by Gasteiger charge is -2.17. The molecular formula is C23H18S2. The summed E-state index contributed by atoms with van der Waals surface area (Å²) in [6.45, 7) is 0. The van der Waals surface area contributed by atoms with Crippen LogP contribution in [-0.4, -0.2) is 0 Å². The van der Waals surface area contributed by atoms with Crippen molar-refractivity contribution in [3.8, 4) is 0 Å². The lowest BCUT2D eigenvalue weighted by atomic mass is 10.0. The molecule has 0 atom stereocenters. The monoisotopic (exact) mass is 358 g/mol. The molecule has 0 aliphatic rings. The Labute approximate surface area is 156 Å². The smallest absolute Gasteiger partial charge is 0.0653 e. The summed E-state index contributed by atoms with van der Waals surface area (Å²) < 4.78 is 0. The topological polar surface area (TPSA) is 0 Å². The van der Waals surface area contributed by atoms with Crippen molar-refractivity contribution in [3.63, 3.8) is 0 Å². The summed E-state index contributed by atoms with van der Waals surface area (Å²) in [5, 5.41) is 2.91. The molecule has 0 heterocycles. The van der Waals surface area contributed by atoms with Gasteiger partial charge in [-0.3, -0.25) is 0 Å². The zero-order valence-electron chi connectivity index (χ0n) is 13.7. The maximum Gasteiger partial charge on any atom is 0.0653 e. The van der Waals surface area contributed by atoms with Gasteiger partial charge in [0, 0.05) is 4.90 Å². The van der Waals surface area contributed by atoms with E-state index in [9.17, 15) is 0 Å². The van der Waals surface area contributed by atoms with Gasteiger partial charge in [-0.25, -0.2) is 0 Å². The van der Waals surface area contributed by atoms with Gasteiger partial charge in [0.2, 0.25) is 0 Å². The molecule has 0 aliphatic heterocycles. The molecule has 0 N–H and O–H groups in total. The summed E-state index contributed by atoms with van der Waals surface area (Å²) in [4.78, 5) is 1.29. The molecule has 0 amide bonds. The van der Waals surface area contributed by atoms with Crippen LogP contribution in [-0.2, 0) is 0 Å². The van der Waals surface area contributed by atoms with Gasteiger partial charge in [-0.05, 0) is 34.0 Å². The van der Waals surface area contributed by atoms with Crippen molar-refractivity contribution < 1.29 is 0 Å². The van der Waals surface area contributed by atoms with E-state index < -0.39 is 0 Å². The van der Waals surface area contributed by atoms with E-state index in [1.54, 1.807) is 0 Å². The second-order valence-corrected chi connectivity index (χ2v) is 8.27. The van der Waals surface area contributed by atoms with Crippen LogP contribution in [0.4, 0.5) is 0 Å². The molecule has 122 valence electrons. The van der Waals surface area contributed by atoms with Crippen LogP contribution in [0.5, 0.6) is 0 Å². The van der Waals surface area contributed by atoms with Crippen molar-refractivity contribution in [2.45, 2.75) is 10.1 Å². The molecule has 0 radical (unpaired) electrons. The zero-order chi connectivity index (χ0) is 16.9. The average Bonchev–Trinajstić information content (AvgIpc) is 2.70. The molecule has 0 unspecified atom stereocenters. The Kier molecular flexibility index (Phi) is 5.10. The first-order valence-electron chi connectivity index (χ1n) is 8.32. The van der Waals surface area contributed by atoms with Crippen LogP contribution in [0, 0.1) is 0 Å². The molecule has 2 heteroatoms. The van der Waals surface area contributed by atoms with Gasteiger partial charge in [0.1, 0.15) is 0 Å². The average molecular weight is 359 g/mol. The predicted octanol–water partition coefficient (Wildman–Crippen LogP) is 7.37. The molecule has 25 heavy (non-hydrogen) atoms. The van der Waals surface area contributed by atoms with Gasteiger partial charge in [0.15, 0.2) is 0 Å². The first-order chi connectivity index (χ1) is 12.4. The van der Waals surface area contributed by atoms with E-state index in [0.29, 0.717) is 5.25 Å². The van der Waals surface area contributed by atoms with Crippen LogP contribution < -0.4 is 0 Å². The van der Waals surface area contributed by atoms with E-state index in [4.69, 9.17) is 0 Å². The fourth-order valence-corrected chi connectivity index (χ4v) is 5.52. The molecule has 0 fully saturated rings. The minimum atomic E-state index is 0.318. The van der Waals surface area contributed by atoms with Crippen molar-refractivity contribution in [2.24, 2.45) is 0 Å². The number of hydrogen-bond donors (Lipinski definition) is 0. The highest BCUT2D eigenvalue weighted by Crippen LogP contribution is 2.46. The van der Waals surface area contributed by atoms with E-state index in [1.807, 2.05) is 21.6 Å². The van der Waals surface area contributed by atoms with Gasteiger partial charge in [0.05, 0.1) is 5.25 Å². The molecule has 0 aliphatic carbocycles. The Hall–Kier alpha value is -2.16. The molecule has 0 bridgehead atoms. The maximum absolute atomic E-state index is 2.28. The Morgan fingerprint density at radius 2 is 1.08 bits per heavy atom. The first kappa shape index (κ1) is 16.3. The normalized spacial score (nSPS) is 11.1. The molecule has 4 aromatic carbocycles. The lowest BCUT2D eigenvalue weighted by Crippen LogP contribution is -1.94. The van der Waals surface area contributed by atoms with Crippen LogP contribution >= 0.6 is 21.6 Å². The largest absolute Gasteiger partial charge is 0.0758 e. The third-order valence-corrected chi connectivity index (χ3v) is 6.89. The summed E-state index contributed by atoms with van der Waals surface area (Å²) in [6, 6.07) is 36.7. The second-order valence-electron chi connectivity index (χ2n) is 5.89. The highest BCUT2D eigenvalue weighted by atomic mass is 33.1. The highest BCUT2D eigenvalue weighted by Gasteiger charge is 2.15. The van der Waals surface area contributed by atoms with Crippen LogP contribution in [0.3, 0.4) is 0 Å². The van der Waals surface area contributed by atoms with Gasteiger partial charge in [-0.15, -0.1) is 0 Å². The standard InChI is InChI=1S/C23H18S2/c1-3-10-19(11-4-1)23(20-12-5-2-6-13-20)25-24-22-16-15-18-9-7-8-14-21(18)17-22/h1-17,23H. The molecule has 4 rings (SSSR count). The number of benzene rings is 4. The number of fused-ring (bicyclic) bond motifs is 1. The minimum Gasteiger partial charge on any atom is -0.0758 e. The summed E-state index contributed by atoms with van der Waals surface area (Å²) in [5.41, 5.74) is 2.68. The Morgan fingerprint density at radius 1 is 0.520 bits per heavy atom. The fraction of sp³-hybridized carbons (Fsp3) is 0.0435. The molecule has 0 aromatic heterocycles. The SMILES string of the molecule is c1ccc(C(SSc2ccc3ccccc3c2)c2ccccc2)cc1. The number of rotatable bonds is 5. The summed E-state index contributed by atoms with van der Waals surface area (Å²) in [6.07, 6.45) is 0. The van der Waals surface area contributed by atoms with Gasteiger partial charge in [-0.2, -0.15) is 0 Å². The molecule has 0 saturated carbocycles. The fourth-order valence-electron chi connectivity index (χ4n) is 2.88. The first-order valence-corrected chi connectivity index (χ1v) is 10.5. The minimum absolute atomic E-state index is 0.318. The summed E-state index contributed by atoms with van der Waals surface area (Å²) in [7, 11) is 3.76. The predicted molar refractivity (Wildman–Crippen MR) is 112 cm³/mol. The van der Waals surface area contributed by atoms with Crippen LogP contribution in [0.15, 0.2) is 108 Å². The van der Waals surface area contributed by atoms with E-state index in [0.717, 1.165) is 0 Å². The van der Waals surface area contributed by atoms with E-state index in [1.165, 1.54) is 26.8 Å². The molecule has 4 aromatic rings. The third-order valence-electron chi connectivity index (χ3n) is 4.17. The van der Waals surface area contributed by atoms with Gasteiger partial charge in [-0.1, -0.05) is 113 Å². The van der Waals surface area contributed by atoms with Crippen molar-refractivity contribution in [1.29, 1.82) is 0 Å². The quantitative estimate of drug-likeness (QED) is 0.342. The van der Waals surface area contributed by atoms with Crippen LogP contribution in [0.25, 0.3) is 10.8 Å².